The molecule has 0 bridgehead atoms. The Labute approximate surface area is 164 Å². The maximum absolute atomic E-state index is 13.1. The van der Waals surface area contributed by atoms with Gasteiger partial charge in [-0.3, -0.25) is 9.48 Å². The zero-order valence-corrected chi connectivity index (χ0v) is 16.4. The molecule has 1 unspecified atom stereocenters. The van der Waals surface area contributed by atoms with E-state index in [4.69, 9.17) is 0 Å². The zero-order chi connectivity index (χ0) is 18.8. The highest BCUT2D eigenvalue weighted by Gasteiger charge is 2.25. The first kappa shape index (κ1) is 17.9. The smallest absolute Gasteiger partial charge is 0.255 e. The number of nitrogens with one attached hydrogen (secondary N) is 1. The summed E-state index contributed by atoms with van der Waals surface area (Å²) < 4.78 is 1.92. The topological polar surface area (TPSA) is 46.9 Å². The van der Waals surface area contributed by atoms with Gasteiger partial charge < -0.3 is 5.32 Å². The first-order chi connectivity index (χ1) is 13.1. The van der Waals surface area contributed by atoms with Gasteiger partial charge in [0.1, 0.15) is 0 Å². The highest BCUT2D eigenvalue weighted by atomic mass is 32.2. The fraction of sp³-hybridized carbons (Fsp3) is 0.273. The summed E-state index contributed by atoms with van der Waals surface area (Å²) >= 11 is 1.86. The number of hydrogen-bond acceptors (Lipinski definition) is 3. The van der Waals surface area contributed by atoms with Crippen LogP contribution >= 0.6 is 11.8 Å². The zero-order valence-electron chi connectivity index (χ0n) is 15.6. The summed E-state index contributed by atoms with van der Waals surface area (Å²) in [6.07, 6.45) is 0.948. The van der Waals surface area contributed by atoms with Crippen LogP contribution in [0.1, 0.15) is 45.3 Å². The van der Waals surface area contributed by atoms with Crippen molar-refractivity contribution in [2.45, 2.75) is 37.8 Å². The molecule has 138 valence electrons. The van der Waals surface area contributed by atoms with Crippen molar-refractivity contribution in [3.8, 4) is 0 Å². The van der Waals surface area contributed by atoms with Crippen LogP contribution in [0.25, 0.3) is 0 Å². The highest BCUT2D eigenvalue weighted by molar-refractivity contribution is 7.99. The molecule has 27 heavy (non-hydrogen) atoms. The second-order valence-corrected chi connectivity index (χ2v) is 8.03. The molecule has 2 aromatic carbocycles. The fourth-order valence-electron chi connectivity index (χ4n) is 3.66. The SMILES string of the molecule is Cc1nn(Cc2ccccc2)c(C)c1C(=O)NC1CCSc2ccccc21. The third-order valence-electron chi connectivity index (χ3n) is 5.05. The molecule has 1 N–H and O–H groups in total. The number of carbonyl (C=O) groups is 1. The maximum Gasteiger partial charge on any atom is 0.255 e. The van der Waals surface area contributed by atoms with Crippen molar-refractivity contribution in [2.75, 3.05) is 5.75 Å². The molecule has 0 fully saturated rings. The van der Waals surface area contributed by atoms with E-state index in [0.717, 1.165) is 23.6 Å². The van der Waals surface area contributed by atoms with Crippen LogP contribution in [0.4, 0.5) is 0 Å². The van der Waals surface area contributed by atoms with Crippen molar-refractivity contribution in [3.05, 3.63) is 82.7 Å². The quantitative estimate of drug-likeness (QED) is 0.727. The Morgan fingerprint density at radius 1 is 1.15 bits per heavy atom. The first-order valence-electron chi connectivity index (χ1n) is 9.24. The summed E-state index contributed by atoms with van der Waals surface area (Å²) in [7, 11) is 0. The standard InChI is InChI=1S/C22H23N3OS/c1-15-21(16(2)25(24-15)14-17-8-4-3-5-9-17)22(26)23-19-12-13-27-20-11-7-6-10-18(19)20/h3-11,19H,12-14H2,1-2H3,(H,23,26). The van der Waals surface area contributed by atoms with Gasteiger partial charge in [-0.05, 0) is 37.5 Å². The third-order valence-corrected chi connectivity index (χ3v) is 6.17. The second kappa shape index (κ2) is 7.61. The minimum Gasteiger partial charge on any atom is -0.345 e. The minimum absolute atomic E-state index is 0.0315. The van der Waals surface area contributed by atoms with Gasteiger partial charge in [-0.25, -0.2) is 0 Å². The van der Waals surface area contributed by atoms with E-state index < -0.39 is 0 Å². The van der Waals surface area contributed by atoms with Crippen LogP contribution in [0.3, 0.4) is 0 Å². The summed E-state index contributed by atoms with van der Waals surface area (Å²) in [5.74, 6) is 0.990. The molecule has 4 nitrogen and oxygen atoms in total. The van der Waals surface area contributed by atoms with Gasteiger partial charge >= 0.3 is 0 Å². The summed E-state index contributed by atoms with van der Waals surface area (Å²) in [6.45, 7) is 4.56. The minimum atomic E-state index is -0.0315. The number of aromatic nitrogens is 2. The highest BCUT2D eigenvalue weighted by Crippen LogP contribution is 2.36. The normalized spacial score (nSPS) is 16.0. The van der Waals surface area contributed by atoms with Gasteiger partial charge in [0.05, 0.1) is 23.8 Å². The van der Waals surface area contributed by atoms with E-state index in [1.807, 2.05) is 54.6 Å². The van der Waals surface area contributed by atoms with E-state index in [-0.39, 0.29) is 11.9 Å². The van der Waals surface area contributed by atoms with Crippen molar-refractivity contribution < 1.29 is 4.79 Å². The molecular formula is C22H23N3OS. The number of hydrogen-bond donors (Lipinski definition) is 1. The van der Waals surface area contributed by atoms with Gasteiger partial charge in [0.15, 0.2) is 0 Å². The lowest BCUT2D eigenvalue weighted by molar-refractivity contribution is 0.0933. The molecule has 5 heteroatoms. The van der Waals surface area contributed by atoms with Gasteiger partial charge in [-0.15, -0.1) is 11.8 Å². The Morgan fingerprint density at radius 3 is 2.70 bits per heavy atom. The largest absolute Gasteiger partial charge is 0.345 e. The van der Waals surface area contributed by atoms with E-state index in [0.29, 0.717) is 12.1 Å². The second-order valence-electron chi connectivity index (χ2n) is 6.89. The number of fused-ring (bicyclic) bond motifs is 1. The molecular weight excluding hydrogens is 354 g/mol. The van der Waals surface area contributed by atoms with E-state index in [9.17, 15) is 4.79 Å². The summed E-state index contributed by atoms with van der Waals surface area (Å²) in [4.78, 5) is 14.3. The van der Waals surface area contributed by atoms with Crippen molar-refractivity contribution in [1.82, 2.24) is 15.1 Å². The van der Waals surface area contributed by atoms with Crippen molar-refractivity contribution in [1.29, 1.82) is 0 Å². The Morgan fingerprint density at radius 2 is 1.89 bits per heavy atom. The fourth-order valence-corrected chi connectivity index (χ4v) is 4.78. The first-order valence-corrected chi connectivity index (χ1v) is 10.2. The number of aryl methyl sites for hydroxylation is 1. The Bertz CT molecular complexity index is 965. The molecule has 1 amide bonds. The summed E-state index contributed by atoms with van der Waals surface area (Å²) in [5, 5.41) is 7.86. The number of carbonyl (C=O) groups excluding carboxylic acids is 1. The maximum atomic E-state index is 13.1. The lowest BCUT2D eigenvalue weighted by Crippen LogP contribution is -2.31. The van der Waals surface area contributed by atoms with Gasteiger partial charge in [-0.2, -0.15) is 5.10 Å². The predicted molar refractivity (Wildman–Crippen MR) is 109 cm³/mol. The molecule has 1 aliphatic heterocycles. The van der Waals surface area contributed by atoms with Crippen LogP contribution in [-0.4, -0.2) is 21.4 Å². The van der Waals surface area contributed by atoms with Crippen LogP contribution < -0.4 is 5.32 Å². The van der Waals surface area contributed by atoms with Gasteiger partial charge in [0.25, 0.3) is 5.91 Å². The molecule has 0 saturated carbocycles. The third kappa shape index (κ3) is 3.65. The molecule has 0 aliphatic carbocycles. The molecule has 2 heterocycles. The molecule has 1 aromatic heterocycles. The summed E-state index contributed by atoms with van der Waals surface area (Å²) in [6, 6.07) is 18.6. The monoisotopic (exact) mass is 377 g/mol. The number of thioether (sulfide) groups is 1. The van der Waals surface area contributed by atoms with Crippen LogP contribution in [-0.2, 0) is 6.54 Å². The van der Waals surface area contributed by atoms with Gasteiger partial charge in [0, 0.05) is 16.3 Å². The average molecular weight is 378 g/mol. The van der Waals surface area contributed by atoms with E-state index in [1.54, 1.807) is 0 Å². The molecule has 0 spiro atoms. The van der Waals surface area contributed by atoms with Crippen molar-refractivity contribution in [2.24, 2.45) is 0 Å². The Balaban J connectivity index is 1.56. The molecule has 4 rings (SSSR count). The Kier molecular flexibility index (Phi) is 5.03. The predicted octanol–water partition coefficient (Wildman–Crippen LogP) is 4.52. The van der Waals surface area contributed by atoms with Crippen LogP contribution in [0.5, 0.6) is 0 Å². The molecule has 1 atom stereocenters. The average Bonchev–Trinajstić information content (AvgIpc) is 2.96. The number of nitrogens with zero attached hydrogens (tertiary/aromatic N) is 2. The van der Waals surface area contributed by atoms with Crippen molar-refractivity contribution >= 4 is 17.7 Å². The summed E-state index contributed by atoms with van der Waals surface area (Å²) in [5.41, 5.74) is 4.77. The number of benzene rings is 2. The number of amides is 1. The molecule has 0 radical (unpaired) electrons. The van der Waals surface area contributed by atoms with Crippen LogP contribution in [0.15, 0.2) is 59.5 Å². The molecule has 3 aromatic rings. The van der Waals surface area contributed by atoms with Crippen LogP contribution in [0, 0.1) is 13.8 Å². The van der Waals surface area contributed by atoms with Crippen LogP contribution in [0.2, 0.25) is 0 Å². The van der Waals surface area contributed by atoms with E-state index in [2.05, 4.69) is 40.7 Å². The lowest BCUT2D eigenvalue weighted by atomic mass is 10.0. The molecule has 0 saturated heterocycles. The van der Waals surface area contributed by atoms with E-state index >= 15 is 0 Å². The van der Waals surface area contributed by atoms with Crippen molar-refractivity contribution in [3.63, 3.8) is 0 Å². The van der Waals surface area contributed by atoms with Gasteiger partial charge in [0.2, 0.25) is 0 Å². The Hall–Kier alpha value is -2.53. The van der Waals surface area contributed by atoms with Gasteiger partial charge in [-0.1, -0.05) is 48.5 Å². The van der Waals surface area contributed by atoms with E-state index in [1.165, 1.54) is 16.0 Å². The lowest BCUT2D eigenvalue weighted by Gasteiger charge is -2.26. The number of rotatable bonds is 4. The molecule has 1 aliphatic rings.